The predicted octanol–water partition coefficient (Wildman–Crippen LogP) is 3.67. The van der Waals surface area contributed by atoms with E-state index < -0.39 is 0 Å². The SMILES string of the molecule is CCC1(C)CCN(C(C)c2c(O)cccc2O)CC1. The third-order valence-corrected chi connectivity index (χ3v) is 4.88. The van der Waals surface area contributed by atoms with Crippen molar-refractivity contribution in [1.82, 2.24) is 4.90 Å². The summed E-state index contributed by atoms with van der Waals surface area (Å²) in [5.41, 5.74) is 1.11. The number of phenolic OH excluding ortho intramolecular Hbond substituents is 2. The Morgan fingerprint density at radius 2 is 1.74 bits per heavy atom. The van der Waals surface area contributed by atoms with Crippen molar-refractivity contribution in [3.05, 3.63) is 23.8 Å². The Hall–Kier alpha value is -1.22. The first-order valence-corrected chi connectivity index (χ1v) is 7.22. The molecule has 2 N–H and O–H groups in total. The lowest BCUT2D eigenvalue weighted by Gasteiger charge is -2.41. The quantitative estimate of drug-likeness (QED) is 0.874. The zero-order valence-electron chi connectivity index (χ0n) is 12.2. The van der Waals surface area contributed by atoms with Gasteiger partial charge in [0.05, 0.1) is 5.56 Å². The molecule has 0 aromatic heterocycles. The van der Waals surface area contributed by atoms with Crippen LogP contribution >= 0.6 is 0 Å². The zero-order valence-corrected chi connectivity index (χ0v) is 12.2. The van der Waals surface area contributed by atoms with E-state index in [9.17, 15) is 10.2 Å². The van der Waals surface area contributed by atoms with Gasteiger partial charge in [0.15, 0.2) is 0 Å². The van der Waals surface area contributed by atoms with Crippen molar-refractivity contribution < 1.29 is 10.2 Å². The summed E-state index contributed by atoms with van der Waals surface area (Å²) in [6, 6.07) is 5.02. The summed E-state index contributed by atoms with van der Waals surface area (Å²) in [4.78, 5) is 2.35. The van der Waals surface area contributed by atoms with Crippen LogP contribution < -0.4 is 0 Å². The van der Waals surface area contributed by atoms with E-state index in [0.29, 0.717) is 11.0 Å². The number of phenols is 2. The van der Waals surface area contributed by atoms with Crippen LogP contribution in [0.3, 0.4) is 0 Å². The second-order valence-electron chi connectivity index (χ2n) is 6.09. The second kappa shape index (κ2) is 5.41. The molecule has 1 aromatic rings. The molecule has 1 heterocycles. The number of hydrogen-bond acceptors (Lipinski definition) is 3. The van der Waals surface area contributed by atoms with E-state index in [4.69, 9.17) is 0 Å². The fourth-order valence-electron chi connectivity index (χ4n) is 2.96. The number of benzene rings is 1. The molecule has 19 heavy (non-hydrogen) atoms. The molecule has 0 aliphatic carbocycles. The average molecular weight is 263 g/mol. The van der Waals surface area contributed by atoms with Gasteiger partial charge in [-0.25, -0.2) is 0 Å². The molecular weight excluding hydrogens is 238 g/mol. The lowest BCUT2D eigenvalue weighted by molar-refractivity contribution is 0.0847. The van der Waals surface area contributed by atoms with E-state index in [1.165, 1.54) is 19.3 Å². The molecule has 0 spiro atoms. The molecular formula is C16H25NO2. The standard InChI is InChI=1S/C16H25NO2/c1-4-16(3)8-10-17(11-9-16)12(2)15-13(18)6-5-7-14(15)19/h5-7,12,18-19H,4,8-11H2,1-3H3. The van der Waals surface area contributed by atoms with Gasteiger partial charge in [0.2, 0.25) is 0 Å². The molecule has 0 saturated carbocycles. The topological polar surface area (TPSA) is 43.7 Å². The van der Waals surface area contributed by atoms with Gasteiger partial charge in [0.1, 0.15) is 11.5 Å². The predicted molar refractivity (Wildman–Crippen MR) is 77.4 cm³/mol. The van der Waals surface area contributed by atoms with Crippen molar-refractivity contribution in [1.29, 1.82) is 0 Å². The third kappa shape index (κ3) is 2.86. The van der Waals surface area contributed by atoms with Crippen LogP contribution in [0.15, 0.2) is 18.2 Å². The lowest BCUT2D eigenvalue weighted by atomic mass is 9.78. The van der Waals surface area contributed by atoms with Crippen molar-refractivity contribution >= 4 is 0 Å². The zero-order chi connectivity index (χ0) is 14.0. The van der Waals surface area contributed by atoms with E-state index >= 15 is 0 Å². The molecule has 2 rings (SSSR count). The Balaban J connectivity index is 2.12. The third-order valence-electron chi connectivity index (χ3n) is 4.88. The van der Waals surface area contributed by atoms with Gasteiger partial charge in [-0.1, -0.05) is 26.3 Å². The van der Waals surface area contributed by atoms with E-state index in [0.717, 1.165) is 13.1 Å². The summed E-state index contributed by atoms with van der Waals surface area (Å²) in [5.74, 6) is 0.382. The molecule has 0 amide bonds. The number of piperidine rings is 1. The van der Waals surface area contributed by atoms with Crippen molar-refractivity contribution in [2.24, 2.45) is 5.41 Å². The van der Waals surface area contributed by atoms with Gasteiger partial charge in [-0.15, -0.1) is 0 Å². The first kappa shape index (κ1) is 14.2. The Kier molecular flexibility index (Phi) is 4.04. The molecule has 0 radical (unpaired) electrons. The minimum Gasteiger partial charge on any atom is -0.507 e. The smallest absolute Gasteiger partial charge is 0.124 e. The van der Waals surface area contributed by atoms with Crippen LogP contribution in [-0.2, 0) is 0 Å². The molecule has 1 saturated heterocycles. The van der Waals surface area contributed by atoms with Gasteiger partial charge in [-0.3, -0.25) is 4.90 Å². The molecule has 0 bridgehead atoms. The van der Waals surface area contributed by atoms with Gasteiger partial charge in [0, 0.05) is 6.04 Å². The maximum atomic E-state index is 9.95. The highest BCUT2D eigenvalue weighted by molar-refractivity contribution is 5.45. The van der Waals surface area contributed by atoms with Gasteiger partial charge in [-0.2, -0.15) is 0 Å². The van der Waals surface area contributed by atoms with Gasteiger partial charge in [-0.05, 0) is 50.4 Å². The summed E-state index contributed by atoms with van der Waals surface area (Å²) < 4.78 is 0. The molecule has 1 aliphatic rings. The first-order valence-electron chi connectivity index (χ1n) is 7.22. The highest BCUT2D eigenvalue weighted by Crippen LogP contribution is 2.40. The van der Waals surface area contributed by atoms with Crippen LogP contribution in [-0.4, -0.2) is 28.2 Å². The van der Waals surface area contributed by atoms with E-state index in [-0.39, 0.29) is 17.5 Å². The van der Waals surface area contributed by atoms with Crippen LogP contribution in [0.5, 0.6) is 11.5 Å². The number of nitrogens with zero attached hydrogens (tertiary/aromatic N) is 1. The Morgan fingerprint density at radius 3 is 2.21 bits per heavy atom. The fourth-order valence-corrected chi connectivity index (χ4v) is 2.96. The van der Waals surface area contributed by atoms with E-state index in [1.54, 1.807) is 18.2 Å². The van der Waals surface area contributed by atoms with Gasteiger partial charge >= 0.3 is 0 Å². The van der Waals surface area contributed by atoms with Crippen LogP contribution in [0.25, 0.3) is 0 Å². The maximum Gasteiger partial charge on any atom is 0.124 e. The Bertz CT molecular complexity index is 416. The summed E-state index contributed by atoms with van der Waals surface area (Å²) in [6.07, 6.45) is 3.58. The van der Waals surface area contributed by atoms with Crippen molar-refractivity contribution in [3.8, 4) is 11.5 Å². The first-order chi connectivity index (χ1) is 8.97. The van der Waals surface area contributed by atoms with E-state index in [2.05, 4.69) is 25.7 Å². The van der Waals surface area contributed by atoms with Crippen molar-refractivity contribution in [2.75, 3.05) is 13.1 Å². The highest BCUT2D eigenvalue weighted by atomic mass is 16.3. The molecule has 1 unspecified atom stereocenters. The molecule has 1 atom stereocenters. The monoisotopic (exact) mass is 263 g/mol. The number of hydrogen-bond donors (Lipinski definition) is 2. The summed E-state index contributed by atoms with van der Waals surface area (Å²) in [5, 5.41) is 19.9. The van der Waals surface area contributed by atoms with Crippen LogP contribution in [0.4, 0.5) is 0 Å². The normalized spacial score (nSPS) is 21.2. The Labute approximate surface area is 115 Å². The molecule has 1 aromatic carbocycles. The maximum absolute atomic E-state index is 9.95. The largest absolute Gasteiger partial charge is 0.507 e. The van der Waals surface area contributed by atoms with Crippen LogP contribution in [0.1, 0.15) is 51.6 Å². The molecule has 3 heteroatoms. The molecule has 1 aliphatic heterocycles. The van der Waals surface area contributed by atoms with Crippen LogP contribution in [0, 0.1) is 5.41 Å². The van der Waals surface area contributed by atoms with Crippen LogP contribution in [0.2, 0.25) is 0 Å². The Morgan fingerprint density at radius 1 is 1.21 bits per heavy atom. The van der Waals surface area contributed by atoms with Gasteiger partial charge < -0.3 is 10.2 Å². The molecule has 3 nitrogen and oxygen atoms in total. The number of rotatable bonds is 3. The van der Waals surface area contributed by atoms with E-state index in [1.807, 2.05) is 0 Å². The fraction of sp³-hybridized carbons (Fsp3) is 0.625. The summed E-state index contributed by atoms with van der Waals surface area (Å²) in [7, 11) is 0. The number of likely N-dealkylation sites (tertiary alicyclic amines) is 1. The van der Waals surface area contributed by atoms with Crippen molar-refractivity contribution in [3.63, 3.8) is 0 Å². The minimum absolute atomic E-state index is 0.0580. The lowest BCUT2D eigenvalue weighted by Crippen LogP contribution is -2.39. The summed E-state index contributed by atoms with van der Waals surface area (Å²) >= 11 is 0. The molecule has 1 fully saturated rings. The minimum atomic E-state index is 0.0580. The van der Waals surface area contributed by atoms with Crippen molar-refractivity contribution in [2.45, 2.75) is 46.1 Å². The summed E-state index contributed by atoms with van der Waals surface area (Å²) in [6.45, 7) is 8.72. The molecule has 106 valence electrons. The average Bonchev–Trinajstić information content (AvgIpc) is 2.39. The second-order valence-corrected chi connectivity index (χ2v) is 6.09. The van der Waals surface area contributed by atoms with Gasteiger partial charge in [0.25, 0.3) is 0 Å². The number of aromatic hydroxyl groups is 2. The highest BCUT2D eigenvalue weighted by Gasteiger charge is 2.31.